The van der Waals surface area contributed by atoms with Crippen LogP contribution in [0.3, 0.4) is 0 Å². The first-order valence-electron chi connectivity index (χ1n) is 7.58. The van der Waals surface area contributed by atoms with Crippen molar-refractivity contribution in [2.24, 2.45) is 0 Å². The van der Waals surface area contributed by atoms with Gasteiger partial charge in [0.05, 0.1) is 24.4 Å². The molecule has 21 heavy (non-hydrogen) atoms. The number of hydrogen-bond acceptors (Lipinski definition) is 5. The van der Waals surface area contributed by atoms with Gasteiger partial charge in [0.1, 0.15) is 0 Å². The molecule has 1 aliphatic heterocycles. The topological polar surface area (TPSA) is 47.0 Å². The molecular formula is C16H21N3OS. The Morgan fingerprint density at radius 1 is 1.43 bits per heavy atom. The van der Waals surface area contributed by atoms with Crippen LogP contribution in [-0.4, -0.2) is 22.7 Å². The normalized spacial score (nSPS) is 19.2. The molecule has 5 heteroatoms. The maximum atomic E-state index is 6.03. The Labute approximate surface area is 129 Å². The fraction of sp³-hybridized carbons (Fsp3) is 0.500. The summed E-state index contributed by atoms with van der Waals surface area (Å²) in [7, 11) is 0. The summed E-state index contributed by atoms with van der Waals surface area (Å²) in [5.74, 6) is 0. The third-order valence-corrected chi connectivity index (χ3v) is 4.44. The SMILES string of the molecule is CCCNC(CC1OCCc2ccccc21)c1csnn1. The number of nitrogens with zero attached hydrogens (tertiary/aromatic N) is 2. The Hall–Kier alpha value is -1.30. The van der Waals surface area contributed by atoms with Gasteiger partial charge in [-0.25, -0.2) is 0 Å². The lowest BCUT2D eigenvalue weighted by atomic mass is 9.93. The molecule has 0 fully saturated rings. The number of aromatic nitrogens is 2. The van der Waals surface area contributed by atoms with Gasteiger partial charge in [-0.3, -0.25) is 0 Å². The second-order valence-electron chi connectivity index (χ2n) is 5.38. The lowest BCUT2D eigenvalue weighted by Gasteiger charge is -2.29. The molecule has 2 unspecified atom stereocenters. The van der Waals surface area contributed by atoms with E-state index in [1.807, 2.05) is 5.38 Å². The van der Waals surface area contributed by atoms with Crippen LogP contribution in [0.5, 0.6) is 0 Å². The molecule has 0 bridgehead atoms. The highest BCUT2D eigenvalue weighted by Gasteiger charge is 2.25. The highest BCUT2D eigenvalue weighted by atomic mass is 32.1. The molecule has 2 atom stereocenters. The second-order valence-corrected chi connectivity index (χ2v) is 5.99. The predicted octanol–water partition coefficient (Wildman–Crippen LogP) is 3.28. The van der Waals surface area contributed by atoms with E-state index in [0.717, 1.165) is 38.1 Å². The zero-order valence-corrected chi connectivity index (χ0v) is 13.1. The molecule has 1 aromatic carbocycles. The first kappa shape index (κ1) is 14.6. The van der Waals surface area contributed by atoms with Crippen molar-refractivity contribution in [1.82, 2.24) is 14.9 Å². The second kappa shape index (κ2) is 7.11. The molecule has 3 rings (SSSR count). The minimum atomic E-state index is 0.144. The molecule has 1 N–H and O–H groups in total. The van der Waals surface area contributed by atoms with E-state index in [2.05, 4.69) is 46.1 Å². The van der Waals surface area contributed by atoms with Crippen LogP contribution in [0.2, 0.25) is 0 Å². The standard InChI is InChI=1S/C16H21N3OS/c1-2-8-17-14(15-11-21-19-18-15)10-16-13-6-4-3-5-12(13)7-9-20-16/h3-6,11,14,16-17H,2,7-10H2,1H3. The van der Waals surface area contributed by atoms with Gasteiger partial charge >= 0.3 is 0 Å². The minimum Gasteiger partial charge on any atom is -0.373 e. The summed E-state index contributed by atoms with van der Waals surface area (Å²) < 4.78 is 10.0. The van der Waals surface area contributed by atoms with E-state index in [-0.39, 0.29) is 12.1 Å². The van der Waals surface area contributed by atoms with E-state index >= 15 is 0 Å². The zero-order valence-electron chi connectivity index (χ0n) is 12.3. The van der Waals surface area contributed by atoms with Crippen LogP contribution in [0.1, 0.15) is 48.7 Å². The smallest absolute Gasteiger partial charge is 0.0925 e. The Balaban J connectivity index is 1.77. The van der Waals surface area contributed by atoms with E-state index < -0.39 is 0 Å². The molecule has 0 aliphatic carbocycles. The molecule has 1 aliphatic rings. The van der Waals surface area contributed by atoms with Gasteiger partial charge in [-0.05, 0) is 48.5 Å². The van der Waals surface area contributed by atoms with E-state index in [0.29, 0.717) is 0 Å². The monoisotopic (exact) mass is 303 g/mol. The third-order valence-electron chi connectivity index (χ3n) is 3.92. The highest BCUT2D eigenvalue weighted by Crippen LogP contribution is 2.34. The predicted molar refractivity (Wildman–Crippen MR) is 84.4 cm³/mol. The molecule has 112 valence electrons. The van der Waals surface area contributed by atoms with Gasteiger partial charge < -0.3 is 10.1 Å². The summed E-state index contributed by atoms with van der Waals surface area (Å²) in [6.45, 7) is 3.96. The summed E-state index contributed by atoms with van der Waals surface area (Å²) in [5.41, 5.74) is 3.77. The quantitative estimate of drug-likeness (QED) is 0.889. The average Bonchev–Trinajstić information content (AvgIpc) is 3.06. The van der Waals surface area contributed by atoms with E-state index in [1.54, 1.807) is 0 Å². The highest BCUT2D eigenvalue weighted by molar-refractivity contribution is 7.03. The van der Waals surface area contributed by atoms with Gasteiger partial charge in [-0.15, -0.1) is 5.10 Å². The number of nitrogens with one attached hydrogen (secondary N) is 1. The summed E-state index contributed by atoms with van der Waals surface area (Å²) in [6.07, 6.45) is 3.17. The summed E-state index contributed by atoms with van der Waals surface area (Å²) in [6, 6.07) is 8.82. The van der Waals surface area contributed by atoms with Gasteiger partial charge in [0.25, 0.3) is 0 Å². The molecule has 0 saturated heterocycles. The van der Waals surface area contributed by atoms with E-state index in [9.17, 15) is 0 Å². The van der Waals surface area contributed by atoms with Crippen LogP contribution in [0, 0.1) is 0 Å². The van der Waals surface area contributed by atoms with Gasteiger partial charge in [0.15, 0.2) is 0 Å². The van der Waals surface area contributed by atoms with Crippen LogP contribution in [0.25, 0.3) is 0 Å². The van der Waals surface area contributed by atoms with Gasteiger partial charge in [-0.2, -0.15) is 0 Å². The maximum absolute atomic E-state index is 6.03. The summed E-state index contributed by atoms with van der Waals surface area (Å²) >= 11 is 1.41. The number of fused-ring (bicyclic) bond motifs is 1. The van der Waals surface area contributed by atoms with Crippen LogP contribution in [-0.2, 0) is 11.2 Å². The molecule has 1 aromatic heterocycles. The molecule has 2 heterocycles. The van der Waals surface area contributed by atoms with Gasteiger partial charge in [0.2, 0.25) is 0 Å². The van der Waals surface area contributed by atoms with Crippen LogP contribution in [0.15, 0.2) is 29.6 Å². The molecule has 0 saturated carbocycles. The maximum Gasteiger partial charge on any atom is 0.0925 e. The van der Waals surface area contributed by atoms with Crippen molar-refractivity contribution in [3.63, 3.8) is 0 Å². The average molecular weight is 303 g/mol. The zero-order chi connectivity index (χ0) is 14.5. The molecule has 4 nitrogen and oxygen atoms in total. The van der Waals surface area contributed by atoms with Crippen molar-refractivity contribution in [2.75, 3.05) is 13.2 Å². The molecular weight excluding hydrogens is 282 g/mol. The number of rotatable bonds is 6. The number of benzene rings is 1. The van der Waals surface area contributed by atoms with Gasteiger partial charge in [0, 0.05) is 5.38 Å². The Morgan fingerprint density at radius 3 is 3.14 bits per heavy atom. The lowest BCUT2D eigenvalue weighted by molar-refractivity contribution is 0.0290. The number of hydrogen-bond donors (Lipinski definition) is 1. The van der Waals surface area contributed by atoms with Crippen LogP contribution < -0.4 is 5.32 Å². The largest absolute Gasteiger partial charge is 0.373 e. The Bertz CT molecular complexity index is 558. The molecule has 2 aromatic rings. The van der Waals surface area contributed by atoms with Gasteiger partial charge in [-0.1, -0.05) is 35.7 Å². The third kappa shape index (κ3) is 3.48. The van der Waals surface area contributed by atoms with E-state index in [4.69, 9.17) is 4.74 Å². The van der Waals surface area contributed by atoms with Crippen molar-refractivity contribution in [3.05, 3.63) is 46.5 Å². The fourth-order valence-electron chi connectivity index (χ4n) is 2.84. The summed E-state index contributed by atoms with van der Waals surface area (Å²) in [5, 5.41) is 9.85. The first-order valence-corrected chi connectivity index (χ1v) is 8.42. The fourth-order valence-corrected chi connectivity index (χ4v) is 3.34. The van der Waals surface area contributed by atoms with Crippen molar-refractivity contribution < 1.29 is 4.74 Å². The minimum absolute atomic E-state index is 0.144. The van der Waals surface area contributed by atoms with Crippen LogP contribution >= 0.6 is 11.5 Å². The van der Waals surface area contributed by atoms with E-state index in [1.165, 1.54) is 22.7 Å². The number of ether oxygens (including phenoxy) is 1. The molecule has 0 amide bonds. The Kier molecular flexibility index (Phi) is 4.95. The van der Waals surface area contributed by atoms with Crippen molar-refractivity contribution in [2.45, 2.75) is 38.3 Å². The van der Waals surface area contributed by atoms with Crippen LogP contribution in [0.4, 0.5) is 0 Å². The summed E-state index contributed by atoms with van der Waals surface area (Å²) in [4.78, 5) is 0. The van der Waals surface area contributed by atoms with Crippen molar-refractivity contribution in [3.8, 4) is 0 Å². The molecule has 0 radical (unpaired) electrons. The lowest BCUT2D eigenvalue weighted by Crippen LogP contribution is -2.27. The van der Waals surface area contributed by atoms with Crippen molar-refractivity contribution >= 4 is 11.5 Å². The van der Waals surface area contributed by atoms with Crippen molar-refractivity contribution in [1.29, 1.82) is 0 Å². The molecule has 0 spiro atoms. The first-order chi connectivity index (χ1) is 10.4. The Morgan fingerprint density at radius 2 is 2.33 bits per heavy atom.